The van der Waals surface area contributed by atoms with Gasteiger partial charge in [-0.2, -0.15) is 5.10 Å². The van der Waals surface area contributed by atoms with E-state index < -0.39 is 0 Å². The minimum Gasteiger partial charge on any atom is -0.488 e. The smallest absolute Gasteiger partial charge is 0.141 e. The zero-order chi connectivity index (χ0) is 18.6. The molecule has 0 amide bonds. The minimum atomic E-state index is 0.150. The summed E-state index contributed by atoms with van der Waals surface area (Å²) in [6, 6.07) is 14.4. The lowest BCUT2D eigenvalue weighted by Crippen LogP contribution is -2.10. The SMILES string of the molecule is CC(C)(C)c1ccc(COc2ccc(Br)cc2/C=N/n2cnnc2)cc1. The first kappa shape index (κ1) is 18.3. The first-order valence-corrected chi connectivity index (χ1v) is 9.12. The zero-order valence-corrected chi connectivity index (χ0v) is 16.6. The third-order valence-electron chi connectivity index (χ3n) is 3.92. The van der Waals surface area contributed by atoms with Crippen molar-refractivity contribution in [3.8, 4) is 5.75 Å². The van der Waals surface area contributed by atoms with Crippen LogP contribution in [0.2, 0.25) is 0 Å². The summed E-state index contributed by atoms with van der Waals surface area (Å²) in [5, 5.41) is 11.8. The first-order valence-electron chi connectivity index (χ1n) is 8.32. The number of aromatic nitrogens is 3. The second-order valence-corrected chi connectivity index (χ2v) is 7.92. The summed E-state index contributed by atoms with van der Waals surface area (Å²) >= 11 is 3.49. The minimum absolute atomic E-state index is 0.150. The molecule has 0 bridgehead atoms. The Labute approximate surface area is 161 Å². The van der Waals surface area contributed by atoms with Crippen molar-refractivity contribution in [1.82, 2.24) is 14.9 Å². The second kappa shape index (κ2) is 7.83. The van der Waals surface area contributed by atoms with Crippen molar-refractivity contribution in [3.05, 3.63) is 76.3 Å². The van der Waals surface area contributed by atoms with Gasteiger partial charge >= 0.3 is 0 Å². The lowest BCUT2D eigenvalue weighted by Gasteiger charge is -2.19. The van der Waals surface area contributed by atoms with Crippen molar-refractivity contribution in [2.45, 2.75) is 32.8 Å². The van der Waals surface area contributed by atoms with Gasteiger partial charge in [-0.1, -0.05) is 61.0 Å². The molecule has 0 unspecified atom stereocenters. The fourth-order valence-electron chi connectivity index (χ4n) is 2.40. The molecule has 3 rings (SSSR count). The van der Waals surface area contributed by atoms with Crippen molar-refractivity contribution >= 4 is 22.1 Å². The summed E-state index contributed by atoms with van der Waals surface area (Å²) in [5.41, 5.74) is 3.46. The van der Waals surface area contributed by atoms with Gasteiger partial charge in [-0.25, -0.2) is 4.68 Å². The molecule has 0 spiro atoms. The molecule has 5 nitrogen and oxygen atoms in total. The van der Waals surface area contributed by atoms with Gasteiger partial charge in [-0.3, -0.25) is 0 Å². The van der Waals surface area contributed by atoms with E-state index in [1.807, 2.05) is 18.2 Å². The van der Waals surface area contributed by atoms with E-state index in [0.717, 1.165) is 21.3 Å². The van der Waals surface area contributed by atoms with Crippen molar-refractivity contribution in [1.29, 1.82) is 0 Å². The maximum atomic E-state index is 6.02. The van der Waals surface area contributed by atoms with Crippen LogP contribution in [0.25, 0.3) is 0 Å². The molecule has 0 aliphatic heterocycles. The molecular formula is C20H21BrN4O. The Hall–Kier alpha value is -2.47. The Morgan fingerprint density at radius 1 is 1.08 bits per heavy atom. The number of hydrogen-bond acceptors (Lipinski definition) is 4. The van der Waals surface area contributed by atoms with Gasteiger partial charge in [0.05, 0.1) is 6.21 Å². The fourth-order valence-corrected chi connectivity index (χ4v) is 2.78. The maximum Gasteiger partial charge on any atom is 0.141 e. The lowest BCUT2D eigenvalue weighted by atomic mass is 9.87. The largest absolute Gasteiger partial charge is 0.488 e. The topological polar surface area (TPSA) is 52.3 Å². The van der Waals surface area contributed by atoms with E-state index in [4.69, 9.17) is 4.74 Å². The maximum absolute atomic E-state index is 6.02. The normalized spacial score (nSPS) is 11.8. The Bertz CT molecular complexity index is 881. The summed E-state index contributed by atoms with van der Waals surface area (Å²) in [4.78, 5) is 0. The number of rotatable bonds is 5. The predicted octanol–water partition coefficient (Wildman–Crippen LogP) is 4.80. The molecule has 6 heteroatoms. The number of hydrogen-bond donors (Lipinski definition) is 0. The van der Waals surface area contributed by atoms with E-state index in [9.17, 15) is 0 Å². The molecule has 2 aromatic carbocycles. The summed E-state index contributed by atoms with van der Waals surface area (Å²) in [6.07, 6.45) is 4.80. The van der Waals surface area contributed by atoms with Crippen molar-refractivity contribution in [2.24, 2.45) is 5.10 Å². The standard InChI is InChI=1S/C20H21BrN4O/c1-20(2,3)17-6-4-15(5-7-17)12-26-19-9-8-18(21)10-16(19)11-24-25-13-22-23-14-25/h4-11,13-14H,12H2,1-3H3/b24-11+. The average Bonchev–Trinajstić information content (AvgIpc) is 3.12. The molecule has 0 fully saturated rings. The van der Waals surface area contributed by atoms with Crippen LogP contribution in [0.1, 0.15) is 37.5 Å². The Kier molecular flexibility index (Phi) is 5.52. The Morgan fingerprint density at radius 2 is 1.77 bits per heavy atom. The van der Waals surface area contributed by atoms with Crippen LogP contribution in [-0.2, 0) is 12.0 Å². The van der Waals surface area contributed by atoms with E-state index >= 15 is 0 Å². The number of benzene rings is 2. The molecule has 0 radical (unpaired) electrons. The third kappa shape index (κ3) is 4.79. The highest BCUT2D eigenvalue weighted by molar-refractivity contribution is 9.10. The molecule has 3 aromatic rings. The van der Waals surface area contributed by atoms with E-state index in [1.165, 1.54) is 22.9 Å². The Morgan fingerprint density at radius 3 is 2.42 bits per heavy atom. The fraction of sp³-hybridized carbons (Fsp3) is 0.250. The van der Waals surface area contributed by atoms with Crippen LogP contribution >= 0.6 is 15.9 Å². The number of ether oxygens (including phenoxy) is 1. The van der Waals surface area contributed by atoms with Crippen LogP contribution in [-0.4, -0.2) is 21.1 Å². The highest BCUT2D eigenvalue weighted by atomic mass is 79.9. The van der Waals surface area contributed by atoms with Crippen molar-refractivity contribution in [3.63, 3.8) is 0 Å². The molecule has 134 valence electrons. The molecule has 0 atom stereocenters. The predicted molar refractivity (Wildman–Crippen MR) is 107 cm³/mol. The highest BCUT2D eigenvalue weighted by Gasteiger charge is 2.13. The quantitative estimate of drug-likeness (QED) is 0.565. The van der Waals surface area contributed by atoms with E-state index in [-0.39, 0.29) is 5.41 Å². The number of nitrogens with zero attached hydrogens (tertiary/aromatic N) is 4. The van der Waals surface area contributed by atoms with Gasteiger partial charge in [-0.15, -0.1) is 10.2 Å². The van der Waals surface area contributed by atoms with Crippen molar-refractivity contribution < 1.29 is 4.74 Å². The number of halogens is 1. The summed E-state index contributed by atoms with van der Waals surface area (Å²) in [7, 11) is 0. The van der Waals surface area contributed by atoms with Crippen LogP contribution in [0.3, 0.4) is 0 Å². The molecular weight excluding hydrogens is 392 g/mol. The highest BCUT2D eigenvalue weighted by Crippen LogP contribution is 2.25. The third-order valence-corrected chi connectivity index (χ3v) is 4.42. The molecule has 0 N–H and O–H groups in total. The van der Waals surface area contributed by atoms with Gasteiger partial charge < -0.3 is 4.74 Å². The molecule has 1 aromatic heterocycles. The monoisotopic (exact) mass is 412 g/mol. The van der Waals surface area contributed by atoms with Gasteiger partial charge in [0.2, 0.25) is 0 Å². The molecule has 1 heterocycles. The van der Waals surface area contributed by atoms with Crippen LogP contribution < -0.4 is 4.74 Å². The Balaban J connectivity index is 1.73. The van der Waals surface area contributed by atoms with Gasteiger partial charge in [0.25, 0.3) is 0 Å². The van der Waals surface area contributed by atoms with Crippen LogP contribution in [0.4, 0.5) is 0 Å². The lowest BCUT2D eigenvalue weighted by molar-refractivity contribution is 0.305. The zero-order valence-electron chi connectivity index (χ0n) is 15.1. The van der Waals surface area contributed by atoms with Crippen molar-refractivity contribution in [2.75, 3.05) is 0 Å². The van der Waals surface area contributed by atoms with Gasteiger partial charge in [0.15, 0.2) is 0 Å². The van der Waals surface area contributed by atoms with Crippen LogP contribution in [0.5, 0.6) is 5.75 Å². The first-order chi connectivity index (χ1) is 12.4. The van der Waals surface area contributed by atoms with Crippen LogP contribution in [0, 0.1) is 0 Å². The average molecular weight is 413 g/mol. The summed E-state index contributed by atoms with van der Waals surface area (Å²) < 4.78 is 8.52. The molecule has 0 saturated carbocycles. The second-order valence-electron chi connectivity index (χ2n) is 7.00. The van der Waals surface area contributed by atoms with E-state index in [1.54, 1.807) is 6.21 Å². The van der Waals surface area contributed by atoms with Gasteiger partial charge in [0.1, 0.15) is 25.0 Å². The summed E-state index contributed by atoms with van der Waals surface area (Å²) in [6.45, 7) is 7.13. The van der Waals surface area contributed by atoms with Gasteiger partial charge in [0, 0.05) is 10.0 Å². The summed E-state index contributed by atoms with van der Waals surface area (Å²) in [5.74, 6) is 0.768. The molecule has 0 aliphatic rings. The molecule has 26 heavy (non-hydrogen) atoms. The van der Waals surface area contributed by atoms with E-state index in [0.29, 0.717) is 6.61 Å². The molecule has 0 saturated heterocycles. The van der Waals surface area contributed by atoms with Gasteiger partial charge in [-0.05, 0) is 34.7 Å². The van der Waals surface area contributed by atoms with Crippen LogP contribution in [0.15, 0.2) is 64.7 Å². The van der Waals surface area contributed by atoms with E-state index in [2.05, 4.69) is 76.3 Å². The molecule has 0 aliphatic carbocycles.